The fourth-order valence-electron chi connectivity index (χ4n) is 1.69. The van der Waals surface area contributed by atoms with Gasteiger partial charge in [-0.2, -0.15) is 0 Å². The van der Waals surface area contributed by atoms with Crippen molar-refractivity contribution in [3.63, 3.8) is 0 Å². The summed E-state index contributed by atoms with van der Waals surface area (Å²) >= 11 is 1.21. The van der Waals surface area contributed by atoms with Crippen LogP contribution in [0.5, 0.6) is 5.75 Å². The number of carbonyl (C=O) groups excluding carboxylic acids is 1. The minimum Gasteiger partial charge on any atom is -0.494 e. The second kappa shape index (κ2) is 8.14. The van der Waals surface area contributed by atoms with Gasteiger partial charge >= 0.3 is 5.97 Å². The van der Waals surface area contributed by atoms with Gasteiger partial charge in [0.25, 0.3) is 0 Å². The summed E-state index contributed by atoms with van der Waals surface area (Å²) in [5.41, 5.74) is 0.00510. The molecule has 0 fully saturated rings. The van der Waals surface area contributed by atoms with E-state index in [0.29, 0.717) is 24.5 Å². The summed E-state index contributed by atoms with van der Waals surface area (Å²) in [6, 6.07) is 9.42. The van der Waals surface area contributed by atoms with E-state index < -0.39 is 5.97 Å². The Labute approximate surface area is 131 Å². The number of amides is 1. The lowest BCUT2D eigenvalue weighted by atomic mass is 10.3. The third-order valence-corrected chi connectivity index (χ3v) is 3.62. The molecule has 2 N–H and O–H groups in total. The Bertz CT molecular complexity index is 627. The number of carbonyl (C=O) groups is 2. The summed E-state index contributed by atoms with van der Waals surface area (Å²) in [6.07, 6.45) is 0.961. The van der Waals surface area contributed by atoms with Crippen molar-refractivity contribution in [2.75, 3.05) is 6.61 Å². The molecule has 7 heteroatoms. The number of hydrogen-bond donors (Lipinski definition) is 2. The van der Waals surface area contributed by atoms with Gasteiger partial charge in [0, 0.05) is 11.8 Å². The average Bonchev–Trinajstić information content (AvgIpc) is 3.00. The van der Waals surface area contributed by atoms with Crippen LogP contribution in [0.15, 0.2) is 35.7 Å². The Morgan fingerprint density at radius 1 is 1.27 bits per heavy atom. The predicted molar refractivity (Wildman–Crippen MR) is 82.1 cm³/mol. The maximum absolute atomic E-state index is 11.7. The standard InChI is InChI=1S/C15H16N2O4S/c18-13(7-4-8-21-11-5-2-1-3-6-11)16-9-14-17-12(10-22-14)15(19)20/h1-3,5-6,10H,4,7-9H2,(H,16,18)(H,19,20). The van der Waals surface area contributed by atoms with Crippen LogP contribution < -0.4 is 10.1 Å². The zero-order valence-corrected chi connectivity index (χ0v) is 12.6. The molecule has 0 radical (unpaired) electrons. The van der Waals surface area contributed by atoms with E-state index in [-0.39, 0.29) is 18.1 Å². The maximum Gasteiger partial charge on any atom is 0.355 e. The quantitative estimate of drug-likeness (QED) is 0.729. The first-order valence-electron chi connectivity index (χ1n) is 6.77. The fraction of sp³-hybridized carbons (Fsp3) is 0.267. The summed E-state index contributed by atoms with van der Waals surface area (Å²) in [4.78, 5) is 26.2. The molecule has 0 bridgehead atoms. The van der Waals surface area contributed by atoms with E-state index in [2.05, 4.69) is 10.3 Å². The van der Waals surface area contributed by atoms with Crippen LogP contribution in [0.3, 0.4) is 0 Å². The van der Waals surface area contributed by atoms with Gasteiger partial charge in [-0.05, 0) is 18.6 Å². The van der Waals surface area contributed by atoms with Gasteiger partial charge in [0.1, 0.15) is 10.8 Å². The number of ether oxygens (including phenoxy) is 1. The second-order valence-electron chi connectivity index (χ2n) is 4.47. The Morgan fingerprint density at radius 2 is 2.05 bits per heavy atom. The molecule has 1 aromatic heterocycles. The summed E-state index contributed by atoms with van der Waals surface area (Å²) in [6.45, 7) is 0.716. The van der Waals surface area contributed by atoms with Crippen LogP contribution in [0.2, 0.25) is 0 Å². The highest BCUT2D eigenvalue weighted by molar-refractivity contribution is 7.09. The number of thiazole rings is 1. The Hall–Kier alpha value is -2.41. The molecule has 0 aliphatic rings. The molecule has 1 aromatic carbocycles. The van der Waals surface area contributed by atoms with Crippen LogP contribution in [0.25, 0.3) is 0 Å². The number of hydrogen-bond acceptors (Lipinski definition) is 5. The van der Waals surface area contributed by atoms with Crippen molar-refractivity contribution in [1.29, 1.82) is 0 Å². The van der Waals surface area contributed by atoms with Crippen molar-refractivity contribution in [1.82, 2.24) is 10.3 Å². The molecule has 0 saturated heterocycles. The molecular weight excluding hydrogens is 304 g/mol. The molecule has 0 unspecified atom stereocenters. The number of rotatable bonds is 8. The number of nitrogens with one attached hydrogen (secondary N) is 1. The van der Waals surface area contributed by atoms with Crippen LogP contribution >= 0.6 is 11.3 Å². The predicted octanol–water partition coefficient (Wildman–Crippen LogP) is 2.32. The lowest BCUT2D eigenvalue weighted by molar-refractivity contribution is -0.121. The average molecular weight is 320 g/mol. The molecule has 0 atom stereocenters. The Kier molecular flexibility index (Phi) is 5.91. The summed E-state index contributed by atoms with van der Waals surface area (Å²) in [5.74, 6) is -0.387. The van der Waals surface area contributed by atoms with Crippen molar-refractivity contribution >= 4 is 23.2 Å². The topological polar surface area (TPSA) is 88.5 Å². The number of carboxylic acid groups (broad SMARTS) is 1. The molecule has 2 aromatic rings. The number of aromatic nitrogens is 1. The highest BCUT2D eigenvalue weighted by atomic mass is 32.1. The summed E-state index contributed by atoms with van der Waals surface area (Å²) in [7, 11) is 0. The highest BCUT2D eigenvalue weighted by Crippen LogP contribution is 2.10. The monoisotopic (exact) mass is 320 g/mol. The molecule has 0 saturated carbocycles. The number of carboxylic acids is 1. The first kappa shape index (κ1) is 16.0. The minimum atomic E-state index is -1.06. The normalized spacial score (nSPS) is 10.2. The van der Waals surface area contributed by atoms with Crippen molar-refractivity contribution in [3.05, 3.63) is 46.4 Å². The van der Waals surface area contributed by atoms with Crippen molar-refractivity contribution in [2.24, 2.45) is 0 Å². The first-order chi connectivity index (χ1) is 10.6. The molecular formula is C15H16N2O4S. The Balaban J connectivity index is 1.62. The smallest absolute Gasteiger partial charge is 0.355 e. The Morgan fingerprint density at radius 3 is 2.73 bits per heavy atom. The zero-order chi connectivity index (χ0) is 15.8. The van der Waals surface area contributed by atoms with Crippen LogP contribution in [0.1, 0.15) is 28.3 Å². The molecule has 1 heterocycles. The van der Waals surface area contributed by atoms with Gasteiger partial charge < -0.3 is 15.2 Å². The fourth-order valence-corrected chi connectivity index (χ4v) is 2.40. The number of benzene rings is 1. The van der Waals surface area contributed by atoms with Gasteiger partial charge in [0.15, 0.2) is 5.69 Å². The third kappa shape index (κ3) is 5.17. The molecule has 0 spiro atoms. The van der Waals surface area contributed by atoms with E-state index in [9.17, 15) is 9.59 Å². The van der Waals surface area contributed by atoms with Gasteiger partial charge in [-0.25, -0.2) is 9.78 Å². The maximum atomic E-state index is 11.7. The van der Waals surface area contributed by atoms with E-state index in [1.807, 2.05) is 30.3 Å². The van der Waals surface area contributed by atoms with Crippen LogP contribution in [0.4, 0.5) is 0 Å². The molecule has 2 rings (SSSR count). The highest BCUT2D eigenvalue weighted by Gasteiger charge is 2.09. The van der Waals surface area contributed by atoms with E-state index in [4.69, 9.17) is 9.84 Å². The third-order valence-electron chi connectivity index (χ3n) is 2.77. The molecule has 22 heavy (non-hydrogen) atoms. The van der Waals surface area contributed by atoms with Crippen LogP contribution in [-0.2, 0) is 11.3 Å². The van der Waals surface area contributed by atoms with Crippen LogP contribution in [0, 0.1) is 0 Å². The van der Waals surface area contributed by atoms with Crippen molar-refractivity contribution in [2.45, 2.75) is 19.4 Å². The number of nitrogens with zero attached hydrogens (tertiary/aromatic N) is 1. The lowest BCUT2D eigenvalue weighted by Gasteiger charge is -2.06. The second-order valence-corrected chi connectivity index (χ2v) is 5.42. The SMILES string of the molecule is O=C(CCCOc1ccccc1)NCc1nc(C(=O)O)cs1. The summed E-state index contributed by atoms with van der Waals surface area (Å²) in [5, 5.41) is 13.5. The van der Waals surface area contributed by atoms with Crippen molar-refractivity contribution in [3.8, 4) is 5.75 Å². The lowest BCUT2D eigenvalue weighted by Crippen LogP contribution is -2.23. The molecule has 6 nitrogen and oxygen atoms in total. The molecule has 0 aliphatic heterocycles. The molecule has 1 amide bonds. The van der Waals surface area contributed by atoms with Crippen molar-refractivity contribution < 1.29 is 19.4 Å². The van der Waals surface area contributed by atoms with E-state index in [1.54, 1.807) is 0 Å². The van der Waals surface area contributed by atoms with Gasteiger partial charge in [-0.1, -0.05) is 18.2 Å². The largest absolute Gasteiger partial charge is 0.494 e. The van der Waals surface area contributed by atoms with Gasteiger partial charge in [-0.15, -0.1) is 11.3 Å². The molecule has 116 valence electrons. The summed E-state index contributed by atoms with van der Waals surface area (Å²) < 4.78 is 5.49. The van der Waals surface area contributed by atoms with Gasteiger partial charge in [0.05, 0.1) is 13.2 Å². The minimum absolute atomic E-state index is 0.00510. The van der Waals surface area contributed by atoms with Gasteiger partial charge in [-0.3, -0.25) is 4.79 Å². The van der Waals surface area contributed by atoms with Gasteiger partial charge in [0.2, 0.25) is 5.91 Å². The van der Waals surface area contributed by atoms with E-state index >= 15 is 0 Å². The van der Waals surface area contributed by atoms with Crippen LogP contribution in [-0.4, -0.2) is 28.6 Å². The number of aromatic carboxylic acids is 1. The molecule has 0 aliphatic carbocycles. The first-order valence-corrected chi connectivity index (χ1v) is 7.65. The number of para-hydroxylation sites is 1. The zero-order valence-electron chi connectivity index (χ0n) is 11.8. The van der Waals surface area contributed by atoms with E-state index in [1.165, 1.54) is 16.7 Å². The van der Waals surface area contributed by atoms with E-state index in [0.717, 1.165) is 5.75 Å².